The first-order chi connectivity index (χ1) is 8.85. The molecule has 0 saturated heterocycles. The molecule has 0 amide bonds. The molecule has 0 fully saturated rings. The number of likely N-dealkylation sites (N-methyl/N-ethyl adjacent to an activating group) is 1. The molecule has 1 unspecified atom stereocenters. The van der Waals surface area contributed by atoms with E-state index >= 15 is 0 Å². The van der Waals surface area contributed by atoms with Crippen molar-refractivity contribution in [3.63, 3.8) is 0 Å². The van der Waals surface area contributed by atoms with Crippen molar-refractivity contribution < 1.29 is 19.3 Å². The molecule has 0 bridgehead atoms. The molecule has 0 radical (unpaired) electrons. The lowest BCUT2D eigenvalue weighted by Crippen LogP contribution is -2.17. The van der Waals surface area contributed by atoms with Gasteiger partial charge in [0.05, 0.1) is 25.9 Å². The second kappa shape index (κ2) is 6.58. The lowest BCUT2D eigenvalue weighted by molar-refractivity contribution is 0.0705. The van der Waals surface area contributed by atoms with Gasteiger partial charge >= 0.3 is 0 Å². The molecule has 100 valence electrons. The number of aliphatic hydroxyl groups is 1. The van der Waals surface area contributed by atoms with Crippen molar-refractivity contribution in [2.45, 2.75) is 6.04 Å². The van der Waals surface area contributed by atoms with Crippen LogP contribution >= 0.6 is 0 Å². The molecule has 5 heteroatoms. The van der Waals surface area contributed by atoms with Crippen LogP contribution in [-0.4, -0.2) is 45.2 Å². The van der Waals surface area contributed by atoms with Gasteiger partial charge in [-0.3, -0.25) is 0 Å². The smallest absolute Gasteiger partial charge is 0.127 e. The Labute approximate surface area is 107 Å². The third-order valence-corrected chi connectivity index (χ3v) is 2.85. The van der Waals surface area contributed by atoms with E-state index in [9.17, 15) is 0 Å². The molecule has 1 aromatic carbocycles. The average Bonchev–Trinajstić information content (AvgIpc) is 2.80. The number of ether oxygens (including phenoxy) is 3. The Balaban J connectivity index is 1.84. The Morgan fingerprint density at radius 3 is 3.06 bits per heavy atom. The summed E-state index contributed by atoms with van der Waals surface area (Å²) >= 11 is 0. The van der Waals surface area contributed by atoms with Crippen molar-refractivity contribution in [1.29, 1.82) is 0 Å². The van der Waals surface area contributed by atoms with Gasteiger partial charge in [0, 0.05) is 11.6 Å². The van der Waals surface area contributed by atoms with Crippen molar-refractivity contribution >= 4 is 0 Å². The van der Waals surface area contributed by atoms with E-state index in [0.29, 0.717) is 26.4 Å². The Hall–Kier alpha value is -1.30. The summed E-state index contributed by atoms with van der Waals surface area (Å²) in [5.41, 5.74) is 1.17. The van der Waals surface area contributed by atoms with Gasteiger partial charge in [0.25, 0.3) is 0 Å². The molecule has 1 heterocycles. The van der Waals surface area contributed by atoms with Crippen molar-refractivity contribution in [3.8, 4) is 11.5 Å². The van der Waals surface area contributed by atoms with Crippen LogP contribution in [0.25, 0.3) is 0 Å². The van der Waals surface area contributed by atoms with Crippen molar-refractivity contribution in [3.05, 3.63) is 23.8 Å². The zero-order valence-electron chi connectivity index (χ0n) is 10.5. The molecule has 1 atom stereocenters. The summed E-state index contributed by atoms with van der Waals surface area (Å²) in [6, 6.07) is 6.12. The number of aliphatic hydroxyl groups excluding tert-OH is 1. The molecule has 5 nitrogen and oxygen atoms in total. The summed E-state index contributed by atoms with van der Waals surface area (Å²) in [6.45, 7) is 1.99. The van der Waals surface area contributed by atoms with E-state index in [1.165, 1.54) is 5.56 Å². The SMILES string of the molecule is CNC1COc2cc(OCCOCCO)ccc21. The Morgan fingerprint density at radius 1 is 1.39 bits per heavy atom. The summed E-state index contributed by atoms with van der Waals surface area (Å²) in [5.74, 6) is 1.65. The predicted octanol–water partition coefficient (Wildman–Crippen LogP) is 0.727. The largest absolute Gasteiger partial charge is 0.491 e. The second-order valence-electron chi connectivity index (χ2n) is 4.04. The van der Waals surface area contributed by atoms with E-state index in [0.717, 1.165) is 11.5 Å². The molecular weight excluding hydrogens is 234 g/mol. The van der Waals surface area contributed by atoms with E-state index in [4.69, 9.17) is 19.3 Å². The zero-order valence-corrected chi connectivity index (χ0v) is 10.5. The maximum Gasteiger partial charge on any atom is 0.127 e. The zero-order chi connectivity index (χ0) is 12.8. The standard InChI is InChI=1S/C13H19NO4/c1-14-12-9-18-13-8-10(2-3-11(12)13)17-7-6-16-5-4-15/h2-3,8,12,14-15H,4-7,9H2,1H3. The minimum atomic E-state index is 0.0398. The van der Waals surface area contributed by atoms with Gasteiger partial charge in [-0.15, -0.1) is 0 Å². The minimum Gasteiger partial charge on any atom is -0.491 e. The van der Waals surface area contributed by atoms with E-state index in [-0.39, 0.29) is 12.6 Å². The van der Waals surface area contributed by atoms with E-state index < -0.39 is 0 Å². The Bertz CT molecular complexity index is 383. The van der Waals surface area contributed by atoms with Crippen LogP contribution in [0.3, 0.4) is 0 Å². The third-order valence-electron chi connectivity index (χ3n) is 2.85. The monoisotopic (exact) mass is 253 g/mol. The highest BCUT2D eigenvalue weighted by Gasteiger charge is 2.22. The molecule has 0 saturated carbocycles. The third kappa shape index (κ3) is 3.13. The molecule has 0 spiro atoms. The highest BCUT2D eigenvalue weighted by Crippen LogP contribution is 2.34. The number of fused-ring (bicyclic) bond motifs is 1. The molecule has 1 aliphatic rings. The second-order valence-corrected chi connectivity index (χ2v) is 4.04. The molecule has 2 rings (SSSR count). The lowest BCUT2D eigenvalue weighted by Gasteiger charge is -2.09. The van der Waals surface area contributed by atoms with E-state index in [1.54, 1.807) is 0 Å². The summed E-state index contributed by atoms with van der Waals surface area (Å²) in [4.78, 5) is 0. The van der Waals surface area contributed by atoms with Crippen LogP contribution in [0, 0.1) is 0 Å². The van der Waals surface area contributed by atoms with Gasteiger partial charge in [-0.2, -0.15) is 0 Å². The molecular formula is C13H19NO4. The Kier molecular flexibility index (Phi) is 4.81. The van der Waals surface area contributed by atoms with Gasteiger partial charge in [0.15, 0.2) is 0 Å². The van der Waals surface area contributed by atoms with Crippen molar-refractivity contribution in [2.24, 2.45) is 0 Å². The maximum absolute atomic E-state index is 8.55. The molecule has 1 aromatic rings. The van der Waals surface area contributed by atoms with Crippen LogP contribution in [0.1, 0.15) is 11.6 Å². The maximum atomic E-state index is 8.55. The minimum absolute atomic E-state index is 0.0398. The number of benzene rings is 1. The molecule has 0 aromatic heterocycles. The first kappa shape index (κ1) is 13.1. The van der Waals surface area contributed by atoms with Gasteiger partial charge in [-0.1, -0.05) is 0 Å². The summed E-state index contributed by atoms with van der Waals surface area (Å²) < 4.78 is 16.2. The van der Waals surface area contributed by atoms with E-state index in [2.05, 4.69) is 5.32 Å². The van der Waals surface area contributed by atoms with Gasteiger partial charge in [-0.05, 0) is 19.2 Å². The summed E-state index contributed by atoms with van der Waals surface area (Å²) in [7, 11) is 1.92. The highest BCUT2D eigenvalue weighted by molar-refractivity contribution is 5.44. The Morgan fingerprint density at radius 2 is 2.28 bits per heavy atom. The quantitative estimate of drug-likeness (QED) is 0.701. The molecule has 0 aliphatic carbocycles. The average molecular weight is 253 g/mol. The van der Waals surface area contributed by atoms with Crippen LogP contribution in [0.4, 0.5) is 0 Å². The molecule has 18 heavy (non-hydrogen) atoms. The normalized spacial score (nSPS) is 17.3. The molecule has 1 aliphatic heterocycles. The van der Waals surface area contributed by atoms with Crippen molar-refractivity contribution in [2.75, 3.05) is 40.1 Å². The molecule has 2 N–H and O–H groups in total. The predicted molar refractivity (Wildman–Crippen MR) is 67.1 cm³/mol. The number of rotatable bonds is 7. The summed E-state index contributed by atoms with van der Waals surface area (Å²) in [5, 5.41) is 11.7. The van der Waals surface area contributed by atoms with Crippen LogP contribution in [0.15, 0.2) is 18.2 Å². The fourth-order valence-corrected chi connectivity index (χ4v) is 1.90. The first-order valence-electron chi connectivity index (χ1n) is 6.10. The number of hydrogen-bond acceptors (Lipinski definition) is 5. The van der Waals surface area contributed by atoms with Crippen LogP contribution < -0.4 is 14.8 Å². The van der Waals surface area contributed by atoms with Gasteiger partial charge in [0.1, 0.15) is 24.7 Å². The fraction of sp³-hybridized carbons (Fsp3) is 0.538. The fourth-order valence-electron chi connectivity index (χ4n) is 1.90. The van der Waals surface area contributed by atoms with Gasteiger partial charge in [0.2, 0.25) is 0 Å². The van der Waals surface area contributed by atoms with Crippen molar-refractivity contribution in [1.82, 2.24) is 5.32 Å². The van der Waals surface area contributed by atoms with Gasteiger partial charge in [-0.25, -0.2) is 0 Å². The van der Waals surface area contributed by atoms with E-state index in [1.807, 2.05) is 25.2 Å². The number of nitrogens with one attached hydrogen (secondary N) is 1. The highest BCUT2D eigenvalue weighted by atomic mass is 16.5. The lowest BCUT2D eigenvalue weighted by atomic mass is 10.1. The van der Waals surface area contributed by atoms with Crippen LogP contribution in [0.5, 0.6) is 11.5 Å². The summed E-state index contributed by atoms with van der Waals surface area (Å²) in [6.07, 6.45) is 0. The van der Waals surface area contributed by atoms with Crippen LogP contribution in [-0.2, 0) is 4.74 Å². The number of hydrogen-bond donors (Lipinski definition) is 2. The topological polar surface area (TPSA) is 60.0 Å². The van der Waals surface area contributed by atoms with Gasteiger partial charge < -0.3 is 24.6 Å². The van der Waals surface area contributed by atoms with Crippen LogP contribution in [0.2, 0.25) is 0 Å². The first-order valence-corrected chi connectivity index (χ1v) is 6.10.